The van der Waals surface area contributed by atoms with Crippen molar-refractivity contribution in [2.24, 2.45) is 40.9 Å². The Morgan fingerprint density at radius 2 is 1.88 bits per heavy atom. The summed E-state index contributed by atoms with van der Waals surface area (Å²) < 4.78 is 12.1. The first-order valence-corrected chi connectivity index (χ1v) is 7.12. The second kappa shape index (κ2) is 1.85. The molecule has 7 rings (SSSR count). The fraction of sp³-hybridized carbons (Fsp3) is 1.00. The highest BCUT2D eigenvalue weighted by Gasteiger charge is 3.08. The maximum Gasteiger partial charge on any atom is 0.187 e. The maximum atomic E-state index is 9.74. The van der Waals surface area contributed by atoms with Crippen LogP contribution in [0.3, 0.4) is 0 Å². The Hall–Kier alpha value is 0.360. The molecule has 6 saturated carbocycles. The molecule has 4 heteroatoms. The molecule has 16 heavy (non-hydrogen) atoms. The molecular weight excluding hydrogens is 272 g/mol. The van der Waals surface area contributed by atoms with Gasteiger partial charge in [0.2, 0.25) is 0 Å². The van der Waals surface area contributed by atoms with Gasteiger partial charge in [-0.1, -0.05) is 15.9 Å². The van der Waals surface area contributed by atoms with Gasteiger partial charge in [-0.05, 0) is 29.6 Å². The number of rotatable bonds is 1. The molecule has 0 radical (unpaired) electrons. The van der Waals surface area contributed by atoms with Crippen molar-refractivity contribution in [2.75, 3.05) is 19.8 Å². The highest BCUT2D eigenvalue weighted by atomic mass is 79.9. The molecule has 0 aromatic heterocycles. The van der Waals surface area contributed by atoms with Gasteiger partial charge in [0.25, 0.3) is 0 Å². The van der Waals surface area contributed by atoms with E-state index < -0.39 is 0 Å². The summed E-state index contributed by atoms with van der Waals surface area (Å²) in [4.78, 5) is 0. The number of ether oxygens (including phenoxy) is 2. The van der Waals surface area contributed by atoms with Crippen LogP contribution in [-0.2, 0) is 9.47 Å². The number of hydrogen-bond donors (Lipinski definition) is 1. The first-order chi connectivity index (χ1) is 7.75. The van der Waals surface area contributed by atoms with Crippen molar-refractivity contribution in [3.8, 4) is 0 Å². The lowest BCUT2D eigenvalue weighted by atomic mass is 9.94. The van der Waals surface area contributed by atoms with Gasteiger partial charge in [0, 0.05) is 17.9 Å². The van der Waals surface area contributed by atoms with E-state index in [1.165, 1.54) is 0 Å². The third kappa shape index (κ3) is 0.428. The Morgan fingerprint density at radius 1 is 1.12 bits per heavy atom. The number of aliphatic hydroxyl groups excluding tert-OH is 1. The van der Waals surface area contributed by atoms with Crippen molar-refractivity contribution in [1.82, 2.24) is 0 Å². The molecule has 8 atom stereocenters. The van der Waals surface area contributed by atoms with Crippen molar-refractivity contribution in [3.63, 3.8) is 0 Å². The number of halogens is 1. The van der Waals surface area contributed by atoms with Crippen molar-refractivity contribution in [3.05, 3.63) is 0 Å². The van der Waals surface area contributed by atoms with Gasteiger partial charge in [0.15, 0.2) is 5.79 Å². The molecule has 1 aliphatic heterocycles. The standard InChI is InChI=1S/C12H13BrO3/c13-11-6-4-5(6)10(3-14)8(9(10)11)7(4)12(11)15-1-2-16-12/h4-9,14H,1-3H2/t4-,5+,6+,7-,8+,9-,10-,11-/m0/s1. The zero-order chi connectivity index (χ0) is 10.5. The molecule has 7 fully saturated rings. The molecule has 0 amide bonds. The summed E-state index contributed by atoms with van der Waals surface area (Å²) in [6.07, 6.45) is 0. The van der Waals surface area contributed by atoms with Crippen LogP contribution in [0.1, 0.15) is 0 Å². The van der Waals surface area contributed by atoms with Crippen molar-refractivity contribution in [2.45, 2.75) is 10.1 Å². The van der Waals surface area contributed by atoms with Gasteiger partial charge in [-0.3, -0.25) is 0 Å². The molecule has 1 heterocycles. The fourth-order valence-electron chi connectivity index (χ4n) is 6.92. The van der Waals surface area contributed by atoms with Gasteiger partial charge in [0.05, 0.1) is 17.5 Å². The van der Waals surface area contributed by atoms with E-state index in [-0.39, 0.29) is 15.5 Å². The third-order valence-electron chi connectivity index (χ3n) is 6.85. The summed E-state index contributed by atoms with van der Waals surface area (Å²) in [7, 11) is 0. The molecule has 6 aliphatic carbocycles. The molecular formula is C12H13BrO3. The number of aliphatic hydroxyl groups is 1. The first kappa shape index (κ1) is 8.46. The summed E-state index contributed by atoms with van der Waals surface area (Å²) in [5, 5.41) is 9.74. The second-order valence-electron chi connectivity index (χ2n) is 6.56. The minimum atomic E-state index is -0.302. The van der Waals surface area contributed by atoms with Crippen LogP contribution < -0.4 is 0 Å². The minimum absolute atomic E-state index is 0.0594. The molecule has 2 bridgehead atoms. The lowest BCUT2D eigenvalue weighted by Gasteiger charge is -2.37. The van der Waals surface area contributed by atoms with Gasteiger partial charge in [0.1, 0.15) is 0 Å². The quantitative estimate of drug-likeness (QED) is 0.717. The average Bonchev–Trinajstić information content (AvgIpc) is 2.97. The summed E-state index contributed by atoms with van der Waals surface area (Å²) in [5.41, 5.74) is 0.282. The van der Waals surface area contributed by atoms with Crippen LogP contribution in [0, 0.1) is 40.9 Å². The van der Waals surface area contributed by atoms with Crippen LogP contribution in [0.4, 0.5) is 0 Å². The Labute approximate surface area is 102 Å². The lowest BCUT2D eigenvalue weighted by molar-refractivity contribution is -0.193. The SMILES string of the molecule is OC[C@]12[C@@H]3[C@@H]4[C@H]5[C@@H]1[C@@H]2[C@@](Br)([C@H]43)C51OCCO1. The molecule has 7 aliphatic rings. The largest absolute Gasteiger partial charge is 0.396 e. The number of alkyl halides is 1. The van der Waals surface area contributed by atoms with Crippen LogP contribution in [0.2, 0.25) is 0 Å². The van der Waals surface area contributed by atoms with Crippen molar-refractivity contribution < 1.29 is 14.6 Å². The summed E-state index contributed by atoms with van der Waals surface area (Å²) in [5.74, 6) is 3.92. The van der Waals surface area contributed by atoms with Crippen LogP contribution in [-0.4, -0.2) is 35.0 Å². The van der Waals surface area contributed by atoms with Crippen molar-refractivity contribution >= 4 is 15.9 Å². The van der Waals surface area contributed by atoms with Crippen LogP contribution in [0.5, 0.6) is 0 Å². The van der Waals surface area contributed by atoms with E-state index in [4.69, 9.17) is 9.47 Å². The van der Waals surface area contributed by atoms with E-state index in [0.717, 1.165) is 31.0 Å². The summed E-state index contributed by atoms with van der Waals surface area (Å²) in [6.45, 7) is 1.89. The van der Waals surface area contributed by atoms with Crippen LogP contribution >= 0.6 is 15.9 Å². The van der Waals surface area contributed by atoms with Crippen molar-refractivity contribution in [1.29, 1.82) is 0 Å². The fourth-order valence-corrected chi connectivity index (χ4v) is 8.71. The summed E-state index contributed by atoms with van der Waals surface area (Å²) >= 11 is 4.02. The maximum absolute atomic E-state index is 9.74. The van der Waals surface area contributed by atoms with Gasteiger partial charge in [-0.25, -0.2) is 0 Å². The molecule has 1 saturated heterocycles. The smallest absolute Gasteiger partial charge is 0.187 e. The van der Waals surface area contributed by atoms with E-state index in [1.54, 1.807) is 0 Å². The summed E-state index contributed by atoms with van der Waals surface area (Å²) in [6, 6.07) is 0. The Morgan fingerprint density at radius 3 is 2.31 bits per heavy atom. The monoisotopic (exact) mass is 284 g/mol. The predicted molar refractivity (Wildman–Crippen MR) is 56.8 cm³/mol. The number of hydrogen-bond acceptors (Lipinski definition) is 3. The van der Waals surface area contributed by atoms with Gasteiger partial charge >= 0.3 is 0 Å². The Balaban J connectivity index is 1.63. The van der Waals surface area contributed by atoms with E-state index in [1.807, 2.05) is 0 Å². The molecule has 86 valence electrons. The molecule has 0 aromatic rings. The highest BCUT2D eigenvalue weighted by Crippen LogP contribution is 3.04. The van der Waals surface area contributed by atoms with Crippen LogP contribution in [0.25, 0.3) is 0 Å². The zero-order valence-corrected chi connectivity index (χ0v) is 10.3. The van der Waals surface area contributed by atoms with E-state index in [2.05, 4.69) is 15.9 Å². The normalized spacial score (nSPS) is 77.6. The lowest BCUT2D eigenvalue weighted by Crippen LogP contribution is -2.50. The highest BCUT2D eigenvalue weighted by molar-refractivity contribution is 9.10. The van der Waals surface area contributed by atoms with E-state index >= 15 is 0 Å². The molecule has 1 N–H and O–H groups in total. The van der Waals surface area contributed by atoms with Gasteiger partial charge in [-0.2, -0.15) is 0 Å². The first-order valence-electron chi connectivity index (χ1n) is 6.33. The molecule has 1 spiro atoms. The van der Waals surface area contributed by atoms with E-state index in [0.29, 0.717) is 24.4 Å². The Kier molecular flexibility index (Phi) is 0.979. The average molecular weight is 285 g/mol. The molecule has 3 nitrogen and oxygen atoms in total. The third-order valence-corrected chi connectivity index (χ3v) is 8.42. The Bertz CT molecular complexity index is 448. The zero-order valence-electron chi connectivity index (χ0n) is 8.73. The van der Waals surface area contributed by atoms with Gasteiger partial charge < -0.3 is 14.6 Å². The molecule has 0 unspecified atom stereocenters. The van der Waals surface area contributed by atoms with Crippen LogP contribution in [0.15, 0.2) is 0 Å². The topological polar surface area (TPSA) is 38.7 Å². The predicted octanol–water partition coefficient (Wildman–Crippen LogP) is 0.607. The van der Waals surface area contributed by atoms with Gasteiger partial charge in [-0.15, -0.1) is 0 Å². The minimum Gasteiger partial charge on any atom is -0.396 e. The second-order valence-corrected chi connectivity index (χ2v) is 7.87. The van der Waals surface area contributed by atoms with E-state index in [9.17, 15) is 5.11 Å². The molecule has 0 aromatic carbocycles.